The summed E-state index contributed by atoms with van der Waals surface area (Å²) in [5, 5.41) is 0. The Balaban J connectivity index is 1.92. The molecule has 84 valence electrons. The summed E-state index contributed by atoms with van der Waals surface area (Å²) in [7, 11) is 0. The van der Waals surface area contributed by atoms with Gasteiger partial charge >= 0.3 is 0 Å². The van der Waals surface area contributed by atoms with Gasteiger partial charge in [0.1, 0.15) is 6.10 Å². The lowest BCUT2D eigenvalue weighted by Gasteiger charge is -2.14. The van der Waals surface area contributed by atoms with Crippen molar-refractivity contribution >= 4 is 5.57 Å². The number of rotatable bonds is 1. The Kier molecular flexibility index (Phi) is 2.36. The van der Waals surface area contributed by atoms with Crippen LogP contribution in [0.5, 0.6) is 0 Å². The minimum Gasteiger partial charge on any atom is -0.364 e. The van der Waals surface area contributed by atoms with Gasteiger partial charge in [-0.05, 0) is 29.4 Å². The molecule has 1 aromatic rings. The molecular weight excluding hydrogens is 196 g/mol. The van der Waals surface area contributed by atoms with E-state index >= 15 is 0 Å². The Morgan fingerprint density at radius 2 is 1.88 bits per heavy atom. The summed E-state index contributed by atoms with van der Waals surface area (Å²) in [4.78, 5) is 0. The first-order valence-corrected chi connectivity index (χ1v) is 6.18. The first-order valence-electron chi connectivity index (χ1n) is 6.18. The van der Waals surface area contributed by atoms with E-state index in [1.165, 1.54) is 17.6 Å². The highest BCUT2D eigenvalue weighted by molar-refractivity contribution is 5.71. The molecule has 1 heterocycles. The molecule has 16 heavy (non-hydrogen) atoms. The van der Waals surface area contributed by atoms with Crippen molar-refractivity contribution in [2.24, 2.45) is 11.8 Å². The fourth-order valence-corrected chi connectivity index (χ4v) is 2.65. The third-order valence-corrected chi connectivity index (χ3v) is 4.06. The highest BCUT2D eigenvalue weighted by Crippen LogP contribution is 2.45. The van der Waals surface area contributed by atoms with Crippen molar-refractivity contribution in [3.05, 3.63) is 42.0 Å². The largest absolute Gasteiger partial charge is 0.364 e. The topological polar surface area (TPSA) is 12.5 Å². The molecule has 0 N–H and O–H groups in total. The molecule has 1 aromatic carbocycles. The van der Waals surface area contributed by atoms with E-state index in [4.69, 9.17) is 4.74 Å². The summed E-state index contributed by atoms with van der Waals surface area (Å²) >= 11 is 0. The van der Waals surface area contributed by atoms with Gasteiger partial charge in [0.25, 0.3) is 0 Å². The van der Waals surface area contributed by atoms with Crippen molar-refractivity contribution in [1.29, 1.82) is 0 Å². The second-order valence-electron chi connectivity index (χ2n) is 5.12. The molecule has 1 fully saturated rings. The van der Waals surface area contributed by atoms with Gasteiger partial charge in [-0.2, -0.15) is 0 Å². The second kappa shape index (κ2) is 3.74. The zero-order valence-corrected chi connectivity index (χ0v) is 9.89. The van der Waals surface area contributed by atoms with Crippen molar-refractivity contribution in [1.82, 2.24) is 0 Å². The highest BCUT2D eigenvalue weighted by atomic mass is 16.6. The van der Waals surface area contributed by atoms with Crippen LogP contribution in [0.25, 0.3) is 5.57 Å². The van der Waals surface area contributed by atoms with Crippen LogP contribution in [0.3, 0.4) is 0 Å². The fourth-order valence-electron chi connectivity index (χ4n) is 2.65. The molecule has 0 bridgehead atoms. The molecule has 4 atom stereocenters. The molecule has 2 aliphatic rings. The first kappa shape index (κ1) is 10.1. The minimum absolute atomic E-state index is 0.363. The van der Waals surface area contributed by atoms with Crippen molar-refractivity contribution in [2.75, 3.05) is 0 Å². The van der Waals surface area contributed by atoms with Crippen molar-refractivity contribution in [3.8, 4) is 0 Å². The van der Waals surface area contributed by atoms with Gasteiger partial charge in [-0.15, -0.1) is 0 Å². The van der Waals surface area contributed by atoms with Crippen LogP contribution in [0.1, 0.15) is 25.8 Å². The smallest absolute Gasteiger partial charge is 0.110 e. The van der Waals surface area contributed by atoms with Crippen LogP contribution < -0.4 is 0 Å². The molecule has 0 unspecified atom stereocenters. The van der Waals surface area contributed by atoms with E-state index in [2.05, 4.69) is 50.3 Å². The van der Waals surface area contributed by atoms with Crippen LogP contribution in [0, 0.1) is 11.8 Å². The molecule has 1 nitrogen and oxygen atoms in total. The number of fused-ring (bicyclic) bond motifs is 1. The number of allylic oxidation sites excluding steroid dienone is 1. The molecule has 0 saturated carbocycles. The van der Waals surface area contributed by atoms with Gasteiger partial charge in [0, 0.05) is 0 Å². The lowest BCUT2D eigenvalue weighted by molar-refractivity contribution is 0.274. The molecule has 0 spiro atoms. The SMILES string of the molecule is C[C@H]1[C@H]2O[C@H]2C(c2ccccc2)=CC[C@@H]1C. The van der Waals surface area contributed by atoms with Crippen molar-refractivity contribution in [3.63, 3.8) is 0 Å². The Hall–Kier alpha value is -1.08. The quantitative estimate of drug-likeness (QED) is 0.652. The molecule has 1 saturated heterocycles. The molecule has 1 aliphatic carbocycles. The summed E-state index contributed by atoms with van der Waals surface area (Å²) in [6, 6.07) is 10.6. The molecule has 1 aliphatic heterocycles. The van der Waals surface area contributed by atoms with Crippen LogP contribution in [0.4, 0.5) is 0 Å². The third-order valence-electron chi connectivity index (χ3n) is 4.06. The Morgan fingerprint density at radius 3 is 2.62 bits per heavy atom. The lowest BCUT2D eigenvalue weighted by atomic mass is 9.91. The standard InChI is InChI=1S/C15H18O/c1-10-8-9-13(12-6-4-3-5-7-12)15-14(16-15)11(10)2/h3-7,9-11,14-15H,8H2,1-2H3/t10-,11+,14+,15-/m0/s1. The Bertz CT molecular complexity index is 407. The summed E-state index contributed by atoms with van der Waals surface area (Å²) in [5.41, 5.74) is 2.73. The molecule has 0 radical (unpaired) electrons. The van der Waals surface area contributed by atoms with Gasteiger partial charge in [0.15, 0.2) is 0 Å². The first-order chi connectivity index (χ1) is 7.77. The number of benzene rings is 1. The number of ether oxygens (including phenoxy) is 1. The van der Waals surface area contributed by atoms with Crippen LogP contribution in [0.15, 0.2) is 36.4 Å². The van der Waals surface area contributed by atoms with E-state index in [1.807, 2.05) is 0 Å². The van der Waals surface area contributed by atoms with Crippen LogP contribution in [-0.2, 0) is 4.74 Å². The average molecular weight is 214 g/mol. The minimum atomic E-state index is 0.363. The predicted octanol–water partition coefficient (Wildman–Crippen LogP) is 3.51. The predicted molar refractivity (Wildman–Crippen MR) is 66.0 cm³/mol. The van der Waals surface area contributed by atoms with Gasteiger partial charge in [0.05, 0.1) is 6.10 Å². The maximum atomic E-state index is 5.84. The summed E-state index contributed by atoms with van der Waals surface area (Å²) < 4.78 is 5.84. The Morgan fingerprint density at radius 1 is 1.12 bits per heavy atom. The van der Waals surface area contributed by atoms with Crippen LogP contribution >= 0.6 is 0 Å². The van der Waals surface area contributed by atoms with E-state index in [9.17, 15) is 0 Å². The maximum Gasteiger partial charge on any atom is 0.110 e. The van der Waals surface area contributed by atoms with Crippen molar-refractivity contribution < 1.29 is 4.74 Å². The van der Waals surface area contributed by atoms with Crippen molar-refractivity contribution in [2.45, 2.75) is 32.5 Å². The molecule has 3 rings (SSSR count). The molecule has 1 heteroatoms. The van der Waals surface area contributed by atoms with Gasteiger partial charge in [0.2, 0.25) is 0 Å². The number of hydrogen-bond acceptors (Lipinski definition) is 1. The van der Waals surface area contributed by atoms with E-state index < -0.39 is 0 Å². The second-order valence-corrected chi connectivity index (χ2v) is 5.12. The van der Waals surface area contributed by atoms with E-state index in [0.717, 1.165) is 5.92 Å². The van der Waals surface area contributed by atoms with E-state index in [1.54, 1.807) is 0 Å². The number of epoxide rings is 1. The van der Waals surface area contributed by atoms with E-state index in [-0.39, 0.29) is 0 Å². The molecule has 0 amide bonds. The fraction of sp³-hybridized carbons (Fsp3) is 0.467. The summed E-state index contributed by atoms with van der Waals surface area (Å²) in [5.74, 6) is 1.42. The van der Waals surface area contributed by atoms with Gasteiger partial charge in [-0.1, -0.05) is 50.3 Å². The van der Waals surface area contributed by atoms with Gasteiger partial charge in [-0.3, -0.25) is 0 Å². The average Bonchev–Trinajstić information content (AvgIpc) is 3.09. The maximum absolute atomic E-state index is 5.84. The zero-order valence-electron chi connectivity index (χ0n) is 9.89. The summed E-state index contributed by atoms with van der Waals surface area (Å²) in [6.45, 7) is 4.64. The monoisotopic (exact) mass is 214 g/mol. The number of hydrogen-bond donors (Lipinski definition) is 0. The van der Waals surface area contributed by atoms with Crippen LogP contribution in [-0.4, -0.2) is 12.2 Å². The molecule has 0 aromatic heterocycles. The van der Waals surface area contributed by atoms with Crippen LogP contribution in [0.2, 0.25) is 0 Å². The highest BCUT2D eigenvalue weighted by Gasteiger charge is 2.48. The molecular formula is C15H18O. The summed E-state index contributed by atoms with van der Waals surface area (Å²) in [6.07, 6.45) is 4.39. The Labute approximate surface area is 97.1 Å². The van der Waals surface area contributed by atoms with Gasteiger partial charge in [-0.25, -0.2) is 0 Å². The van der Waals surface area contributed by atoms with Gasteiger partial charge < -0.3 is 4.74 Å². The zero-order chi connectivity index (χ0) is 11.1. The lowest BCUT2D eigenvalue weighted by Crippen LogP contribution is -2.13. The normalized spacial score (nSPS) is 37.2. The van der Waals surface area contributed by atoms with E-state index in [0.29, 0.717) is 18.1 Å². The third kappa shape index (κ3) is 1.60.